The molecule has 0 heterocycles. The number of rotatable bonds is 6. The van der Waals surface area contributed by atoms with Gasteiger partial charge in [0, 0.05) is 13.0 Å². The van der Waals surface area contributed by atoms with Crippen LogP contribution >= 0.6 is 0 Å². The highest BCUT2D eigenvalue weighted by Gasteiger charge is 2.29. The number of nitrogens with two attached hydrogens (primary N) is 1. The van der Waals surface area contributed by atoms with Gasteiger partial charge >= 0.3 is 6.18 Å². The minimum absolute atomic E-state index is 0.182. The molecule has 0 saturated carbocycles. The van der Waals surface area contributed by atoms with Crippen molar-refractivity contribution in [3.63, 3.8) is 0 Å². The maximum Gasteiger partial charge on any atom is 0.416 e. The Labute approximate surface area is 108 Å². The summed E-state index contributed by atoms with van der Waals surface area (Å²) in [5.41, 5.74) is 4.46. The molecule has 0 atom stereocenters. The summed E-state index contributed by atoms with van der Waals surface area (Å²) in [6, 6.07) is 4.37. The van der Waals surface area contributed by atoms with Gasteiger partial charge in [-0.2, -0.15) is 13.2 Å². The van der Waals surface area contributed by atoms with E-state index in [1.54, 1.807) is 0 Å². The van der Waals surface area contributed by atoms with Gasteiger partial charge in [-0.3, -0.25) is 4.79 Å². The van der Waals surface area contributed by atoms with Gasteiger partial charge in [0.15, 0.2) is 0 Å². The lowest BCUT2D eigenvalue weighted by Crippen LogP contribution is -2.29. The molecule has 106 valence electrons. The number of carbonyl (C=O) groups excluding carboxylic acids is 1. The fourth-order valence-corrected chi connectivity index (χ4v) is 1.32. The maximum atomic E-state index is 12.3. The molecule has 1 rings (SSSR count). The molecule has 0 fully saturated rings. The van der Waals surface area contributed by atoms with Gasteiger partial charge in [0.2, 0.25) is 5.91 Å². The van der Waals surface area contributed by atoms with Crippen molar-refractivity contribution in [3.05, 3.63) is 29.8 Å². The number of alkyl halides is 3. The molecule has 0 unspecified atom stereocenters. The van der Waals surface area contributed by atoms with E-state index in [4.69, 9.17) is 10.5 Å². The van der Waals surface area contributed by atoms with E-state index in [2.05, 4.69) is 5.32 Å². The van der Waals surface area contributed by atoms with Gasteiger partial charge in [-0.05, 0) is 24.3 Å². The fraction of sp³-hybridized carbons (Fsp3) is 0.417. The Bertz CT molecular complexity index is 404. The third kappa shape index (κ3) is 5.60. The van der Waals surface area contributed by atoms with Crippen LogP contribution in [-0.2, 0) is 11.0 Å². The molecule has 7 heteroatoms. The quantitative estimate of drug-likeness (QED) is 0.775. The summed E-state index contributed by atoms with van der Waals surface area (Å²) >= 11 is 0. The summed E-state index contributed by atoms with van der Waals surface area (Å²) in [6.45, 7) is 0.729. The summed E-state index contributed by atoms with van der Waals surface area (Å²) in [6.07, 6.45) is -4.12. The Balaban J connectivity index is 2.33. The number of halogens is 3. The number of nitrogens with one attached hydrogen (secondary N) is 1. The van der Waals surface area contributed by atoms with E-state index >= 15 is 0 Å². The van der Waals surface area contributed by atoms with Crippen LogP contribution in [0.1, 0.15) is 12.0 Å². The van der Waals surface area contributed by atoms with E-state index in [0.29, 0.717) is 5.75 Å². The summed E-state index contributed by atoms with van der Waals surface area (Å²) < 4.78 is 42.1. The van der Waals surface area contributed by atoms with Gasteiger partial charge in [-0.1, -0.05) is 0 Å². The summed E-state index contributed by atoms with van der Waals surface area (Å²) in [5, 5.41) is 2.57. The van der Waals surface area contributed by atoms with Gasteiger partial charge in [-0.15, -0.1) is 0 Å². The standard InChI is InChI=1S/C12H15F3N2O2/c13-12(14,15)9-1-3-10(4-2-9)19-8-7-17-11(18)5-6-16/h1-4H,5-8,16H2,(H,17,18). The van der Waals surface area contributed by atoms with Crippen LogP contribution in [0.15, 0.2) is 24.3 Å². The van der Waals surface area contributed by atoms with Gasteiger partial charge in [0.1, 0.15) is 12.4 Å². The molecule has 0 aliphatic heterocycles. The Hall–Kier alpha value is -1.76. The molecule has 3 N–H and O–H groups in total. The third-order valence-corrected chi connectivity index (χ3v) is 2.25. The highest BCUT2D eigenvalue weighted by atomic mass is 19.4. The van der Waals surface area contributed by atoms with Gasteiger partial charge in [0.05, 0.1) is 12.1 Å². The first-order valence-electron chi connectivity index (χ1n) is 5.70. The largest absolute Gasteiger partial charge is 0.492 e. The molecule has 0 spiro atoms. The van der Waals surface area contributed by atoms with Crippen LogP contribution in [0.5, 0.6) is 5.75 Å². The van der Waals surface area contributed by atoms with Crippen LogP contribution in [0.4, 0.5) is 13.2 Å². The molecule has 4 nitrogen and oxygen atoms in total. The molecule has 0 bridgehead atoms. The van der Waals surface area contributed by atoms with Crippen molar-refractivity contribution in [2.45, 2.75) is 12.6 Å². The zero-order valence-corrected chi connectivity index (χ0v) is 10.2. The maximum absolute atomic E-state index is 12.3. The van der Waals surface area contributed by atoms with E-state index in [9.17, 15) is 18.0 Å². The van der Waals surface area contributed by atoms with E-state index in [1.807, 2.05) is 0 Å². The molecule has 1 aromatic carbocycles. The second kappa shape index (κ2) is 6.98. The number of benzene rings is 1. The summed E-state index contributed by atoms with van der Waals surface area (Å²) in [4.78, 5) is 11.0. The number of amides is 1. The van der Waals surface area contributed by atoms with E-state index in [0.717, 1.165) is 12.1 Å². The van der Waals surface area contributed by atoms with Crippen molar-refractivity contribution < 1.29 is 22.7 Å². The van der Waals surface area contributed by atoms with Gasteiger partial charge in [-0.25, -0.2) is 0 Å². The van der Waals surface area contributed by atoms with Crippen molar-refractivity contribution in [3.8, 4) is 5.75 Å². The normalized spacial score (nSPS) is 11.2. The number of carbonyl (C=O) groups is 1. The Morgan fingerprint density at radius 2 is 1.89 bits per heavy atom. The molecule has 1 amide bonds. The van der Waals surface area contributed by atoms with Crippen LogP contribution in [0.25, 0.3) is 0 Å². The molecule has 0 aliphatic rings. The van der Waals surface area contributed by atoms with Crippen LogP contribution < -0.4 is 15.8 Å². The molecule has 0 aliphatic carbocycles. The van der Waals surface area contributed by atoms with Crippen molar-refractivity contribution in [1.29, 1.82) is 0 Å². The second-order valence-corrected chi connectivity index (χ2v) is 3.76. The first-order chi connectivity index (χ1) is 8.93. The third-order valence-electron chi connectivity index (χ3n) is 2.25. The minimum Gasteiger partial charge on any atom is -0.492 e. The van der Waals surface area contributed by atoms with Crippen LogP contribution in [0.3, 0.4) is 0 Å². The highest BCUT2D eigenvalue weighted by molar-refractivity contribution is 5.75. The molecule has 0 radical (unpaired) electrons. The monoisotopic (exact) mass is 276 g/mol. The Morgan fingerprint density at radius 1 is 1.26 bits per heavy atom. The highest BCUT2D eigenvalue weighted by Crippen LogP contribution is 2.30. The van der Waals surface area contributed by atoms with E-state index in [-0.39, 0.29) is 32.0 Å². The lowest BCUT2D eigenvalue weighted by molar-refractivity contribution is -0.137. The lowest BCUT2D eigenvalue weighted by atomic mass is 10.2. The van der Waals surface area contributed by atoms with Gasteiger partial charge in [0.25, 0.3) is 0 Å². The molecular weight excluding hydrogens is 261 g/mol. The van der Waals surface area contributed by atoms with Crippen molar-refractivity contribution in [2.75, 3.05) is 19.7 Å². The van der Waals surface area contributed by atoms with Crippen molar-refractivity contribution >= 4 is 5.91 Å². The smallest absolute Gasteiger partial charge is 0.416 e. The predicted molar refractivity (Wildman–Crippen MR) is 63.6 cm³/mol. The SMILES string of the molecule is NCCC(=O)NCCOc1ccc(C(F)(F)F)cc1. The zero-order valence-electron chi connectivity index (χ0n) is 10.2. The van der Waals surface area contributed by atoms with Crippen LogP contribution in [0.2, 0.25) is 0 Å². The minimum atomic E-state index is -4.35. The van der Waals surface area contributed by atoms with Crippen molar-refractivity contribution in [2.24, 2.45) is 5.73 Å². The van der Waals surface area contributed by atoms with E-state index in [1.165, 1.54) is 12.1 Å². The topological polar surface area (TPSA) is 64.4 Å². The molecular formula is C12H15F3N2O2. The average Bonchev–Trinajstić information content (AvgIpc) is 2.34. The first-order valence-corrected chi connectivity index (χ1v) is 5.70. The molecule has 0 aromatic heterocycles. The zero-order chi connectivity index (χ0) is 14.3. The van der Waals surface area contributed by atoms with Crippen LogP contribution in [-0.4, -0.2) is 25.6 Å². The Morgan fingerprint density at radius 3 is 2.42 bits per heavy atom. The molecule has 0 saturated heterocycles. The average molecular weight is 276 g/mol. The Kier molecular flexibility index (Phi) is 5.62. The van der Waals surface area contributed by atoms with Gasteiger partial charge < -0.3 is 15.8 Å². The van der Waals surface area contributed by atoms with E-state index < -0.39 is 11.7 Å². The number of hydrogen-bond acceptors (Lipinski definition) is 3. The van der Waals surface area contributed by atoms with Crippen LogP contribution in [0, 0.1) is 0 Å². The lowest BCUT2D eigenvalue weighted by Gasteiger charge is -2.09. The number of hydrogen-bond donors (Lipinski definition) is 2. The first kappa shape index (κ1) is 15.3. The predicted octanol–water partition coefficient (Wildman–Crippen LogP) is 1.55. The molecule has 1 aromatic rings. The fourth-order valence-electron chi connectivity index (χ4n) is 1.32. The summed E-state index contributed by atoms with van der Waals surface area (Å²) in [7, 11) is 0. The molecule has 19 heavy (non-hydrogen) atoms. The van der Waals surface area contributed by atoms with Crippen molar-refractivity contribution in [1.82, 2.24) is 5.32 Å². The second-order valence-electron chi connectivity index (χ2n) is 3.76. The summed E-state index contributed by atoms with van der Waals surface area (Å²) in [5.74, 6) is 0.139. The number of ether oxygens (including phenoxy) is 1.